The highest BCUT2D eigenvalue weighted by atomic mass is 32.2. The smallest absolute Gasteiger partial charge is 0.207 e. The van der Waals surface area contributed by atoms with E-state index in [4.69, 9.17) is 0 Å². The molecule has 2 unspecified atom stereocenters. The van der Waals surface area contributed by atoms with Gasteiger partial charge >= 0.3 is 0 Å². The van der Waals surface area contributed by atoms with Crippen LogP contribution in [-0.4, -0.2) is 24.8 Å². The van der Waals surface area contributed by atoms with Crippen LogP contribution in [0, 0.1) is 0 Å². The summed E-state index contributed by atoms with van der Waals surface area (Å²) in [6.45, 7) is 8.24. The molecule has 0 N–H and O–H groups in total. The summed E-state index contributed by atoms with van der Waals surface area (Å²) in [5.74, 6) is 0.416. The van der Waals surface area contributed by atoms with Crippen molar-refractivity contribution in [1.82, 2.24) is 4.31 Å². The van der Waals surface area contributed by atoms with Gasteiger partial charge in [-0.1, -0.05) is 32.4 Å². The Bertz CT molecular complexity index is 538. The number of hydrogen-bond acceptors (Lipinski definition) is 2. The van der Waals surface area contributed by atoms with Gasteiger partial charge in [-0.05, 0) is 50.3 Å². The number of sulfonamides is 1. The van der Waals surface area contributed by atoms with E-state index in [9.17, 15) is 8.42 Å². The Balaban J connectivity index is 2.34. The van der Waals surface area contributed by atoms with Crippen LogP contribution in [0.3, 0.4) is 0 Å². The molecule has 1 fully saturated rings. The Labute approximate surface area is 123 Å². The first kappa shape index (κ1) is 15.5. The molecular formula is C16H25NO2S. The van der Waals surface area contributed by atoms with Crippen LogP contribution in [0.4, 0.5) is 0 Å². The van der Waals surface area contributed by atoms with Crippen molar-refractivity contribution in [2.24, 2.45) is 0 Å². The lowest BCUT2D eigenvalue weighted by molar-refractivity contribution is 0.204. The molecule has 0 aliphatic carbocycles. The number of piperidine rings is 1. The van der Waals surface area contributed by atoms with Gasteiger partial charge in [-0.2, -0.15) is 4.31 Å². The third kappa shape index (κ3) is 2.91. The molecule has 2 rings (SSSR count). The summed E-state index contributed by atoms with van der Waals surface area (Å²) in [6.07, 6.45) is 3.02. The average Bonchev–Trinajstić information content (AvgIpc) is 2.38. The SMILES string of the molecule is CC(C)c1ccc(S(=O)(=O)N2C(C)CCCC2C)cc1. The van der Waals surface area contributed by atoms with Gasteiger partial charge in [0.25, 0.3) is 0 Å². The number of nitrogens with zero attached hydrogens (tertiary/aromatic N) is 1. The van der Waals surface area contributed by atoms with Crippen LogP contribution in [-0.2, 0) is 10.0 Å². The molecule has 3 nitrogen and oxygen atoms in total. The number of rotatable bonds is 3. The molecule has 1 aliphatic rings. The van der Waals surface area contributed by atoms with E-state index in [0.717, 1.165) is 19.3 Å². The first-order valence-electron chi connectivity index (χ1n) is 7.47. The minimum Gasteiger partial charge on any atom is -0.207 e. The first-order valence-corrected chi connectivity index (χ1v) is 8.91. The van der Waals surface area contributed by atoms with Crippen molar-refractivity contribution in [2.75, 3.05) is 0 Å². The standard InChI is InChI=1S/C16H25NO2S/c1-12(2)15-8-10-16(11-9-15)20(18,19)17-13(3)6-5-7-14(17)4/h8-14H,5-7H2,1-4H3. The van der Waals surface area contributed by atoms with Gasteiger partial charge in [-0.15, -0.1) is 0 Å². The van der Waals surface area contributed by atoms with Crippen LogP contribution < -0.4 is 0 Å². The highest BCUT2D eigenvalue weighted by molar-refractivity contribution is 7.89. The molecular weight excluding hydrogens is 270 g/mol. The van der Waals surface area contributed by atoms with Crippen molar-refractivity contribution in [1.29, 1.82) is 0 Å². The van der Waals surface area contributed by atoms with E-state index in [0.29, 0.717) is 10.8 Å². The van der Waals surface area contributed by atoms with Gasteiger partial charge in [0.2, 0.25) is 10.0 Å². The molecule has 0 saturated carbocycles. The second-order valence-corrected chi connectivity index (χ2v) is 8.03. The Morgan fingerprint density at radius 1 is 1.05 bits per heavy atom. The van der Waals surface area contributed by atoms with Crippen LogP contribution >= 0.6 is 0 Å². The first-order chi connectivity index (χ1) is 9.34. The van der Waals surface area contributed by atoms with Crippen molar-refractivity contribution in [3.05, 3.63) is 29.8 Å². The Morgan fingerprint density at radius 2 is 1.55 bits per heavy atom. The Morgan fingerprint density at radius 3 is 2.00 bits per heavy atom. The van der Waals surface area contributed by atoms with Gasteiger partial charge in [-0.25, -0.2) is 8.42 Å². The molecule has 0 spiro atoms. The summed E-state index contributed by atoms with van der Waals surface area (Å²) in [5, 5.41) is 0. The lowest BCUT2D eigenvalue weighted by atomic mass is 10.0. The molecule has 1 aromatic carbocycles. The highest BCUT2D eigenvalue weighted by Crippen LogP contribution is 2.30. The molecule has 112 valence electrons. The topological polar surface area (TPSA) is 37.4 Å². The summed E-state index contributed by atoms with van der Waals surface area (Å²) >= 11 is 0. The van der Waals surface area contributed by atoms with Crippen molar-refractivity contribution >= 4 is 10.0 Å². The Kier molecular flexibility index (Phi) is 4.55. The zero-order chi connectivity index (χ0) is 14.9. The summed E-state index contributed by atoms with van der Waals surface area (Å²) in [4.78, 5) is 0.419. The van der Waals surface area contributed by atoms with Crippen molar-refractivity contribution in [3.63, 3.8) is 0 Å². The lowest BCUT2D eigenvalue weighted by Gasteiger charge is -2.37. The zero-order valence-electron chi connectivity index (χ0n) is 12.8. The molecule has 1 heterocycles. The van der Waals surface area contributed by atoms with Crippen molar-refractivity contribution in [2.45, 2.75) is 69.9 Å². The summed E-state index contributed by atoms with van der Waals surface area (Å²) < 4.78 is 27.3. The minimum absolute atomic E-state index is 0.0912. The molecule has 1 saturated heterocycles. The number of hydrogen-bond donors (Lipinski definition) is 0. The van der Waals surface area contributed by atoms with Crippen molar-refractivity contribution in [3.8, 4) is 0 Å². The quantitative estimate of drug-likeness (QED) is 0.851. The van der Waals surface area contributed by atoms with Crippen LogP contribution in [0.25, 0.3) is 0 Å². The summed E-state index contributed by atoms with van der Waals surface area (Å²) in [7, 11) is -3.37. The summed E-state index contributed by atoms with van der Waals surface area (Å²) in [5.41, 5.74) is 1.17. The van der Waals surface area contributed by atoms with Gasteiger partial charge in [0, 0.05) is 12.1 Å². The maximum atomic E-state index is 12.8. The second kappa shape index (κ2) is 5.86. The Hall–Kier alpha value is -0.870. The van der Waals surface area contributed by atoms with E-state index >= 15 is 0 Å². The fourth-order valence-electron chi connectivity index (χ4n) is 3.02. The summed E-state index contributed by atoms with van der Waals surface area (Å²) in [6, 6.07) is 7.53. The van der Waals surface area contributed by atoms with Crippen LogP contribution in [0.1, 0.15) is 58.4 Å². The molecule has 0 radical (unpaired) electrons. The average molecular weight is 295 g/mol. The van der Waals surface area contributed by atoms with Crippen LogP contribution in [0.15, 0.2) is 29.2 Å². The highest BCUT2D eigenvalue weighted by Gasteiger charge is 2.35. The molecule has 2 atom stereocenters. The van der Waals surface area contributed by atoms with E-state index in [-0.39, 0.29) is 12.1 Å². The van der Waals surface area contributed by atoms with E-state index in [2.05, 4.69) is 13.8 Å². The van der Waals surface area contributed by atoms with E-state index in [1.54, 1.807) is 16.4 Å². The molecule has 0 aromatic heterocycles. The predicted octanol–water partition coefficient (Wildman–Crippen LogP) is 3.76. The maximum Gasteiger partial charge on any atom is 0.243 e. The molecule has 0 bridgehead atoms. The van der Waals surface area contributed by atoms with Crippen LogP contribution in [0.5, 0.6) is 0 Å². The fourth-order valence-corrected chi connectivity index (χ4v) is 4.90. The van der Waals surface area contributed by atoms with Crippen LogP contribution in [0.2, 0.25) is 0 Å². The predicted molar refractivity (Wildman–Crippen MR) is 82.3 cm³/mol. The normalized spacial score (nSPS) is 25.1. The monoisotopic (exact) mass is 295 g/mol. The largest absolute Gasteiger partial charge is 0.243 e. The van der Waals surface area contributed by atoms with Gasteiger partial charge in [0.05, 0.1) is 4.90 Å². The number of benzene rings is 1. The van der Waals surface area contributed by atoms with E-state index in [1.165, 1.54) is 5.56 Å². The lowest BCUT2D eigenvalue weighted by Crippen LogP contribution is -2.47. The third-order valence-electron chi connectivity index (χ3n) is 4.23. The molecule has 1 aliphatic heterocycles. The van der Waals surface area contributed by atoms with Gasteiger partial charge in [-0.3, -0.25) is 0 Å². The van der Waals surface area contributed by atoms with E-state index in [1.807, 2.05) is 26.0 Å². The fraction of sp³-hybridized carbons (Fsp3) is 0.625. The van der Waals surface area contributed by atoms with Gasteiger partial charge in [0.15, 0.2) is 0 Å². The minimum atomic E-state index is -3.37. The molecule has 4 heteroatoms. The third-order valence-corrected chi connectivity index (χ3v) is 6.38. The second-order valence-electron chi connectivity index (χ2n) is 6.19. The molecule has 0 amide bonds. The molecule has 20 heavy (non-hydrogen) atoms. The van der Waals surface area contributed by atoms with Gasteiger partial charge < -0.3 is 0 Å². The zero-order valence-corrected chi connectivity index (χ0v) is 13.7. The molecule has 1 aromatic rings. The van der Waals surface area contributed by atoms with Gasteiger partial charge in [0.1, 0.15) is 0 Å². The maximum absolute atomic E-state index is 12.8. The van der Waals surface area contributed by atoms with Crippen molar-refractivity contribution < 1.29 is 8.42 Å². The van der Waals surface area contributed by atoms with E-state index < -0.39 is 10.0 Å².